The van der Waals surface area contributed by atoms with Crippen LogP contribution in [-0.4, -0.2) is 38.4 Å². The van der Waals surface area contributed by atoms with Crippen LogP contribution in [0.4, 0.5) is 5.88 Å². The zero-order valence-corrected chi connectivity index (χ0v) is 20.8. The summed E-state index contributed by atoms with van der Waals surface area (Å²) in [6.07, 6.45) is 0.716. The van der Waals surface area contributed by atoms with E-state index < -0.39 is 10.0 Å². The second kappa shape index (κ2) is 11.1. The minimum absolute atomic E-state index is 0.138. The highest BCUT2D eigenvalue weighted by atomic mass is 32.2. The summed E-state index contributed by atoms with van der Waals surface area (Å²) in [7, 11) is -0.504. The lowest BCUT2D eigenvalue weighted by molar-refractivity contribution is 0.414. The summed E-state index contributed by atoms with van der Waals surface area (Å²) in [5.74, 6) is 1.31. The number of nitrogens with zero attached hydrogens (tertiary/aromatic N) is 3. The molecule has 0 spiro atoms. The monoisotopic (exact) mass is 502 g/mol. The predicted octanol–water partition coefficient (Wildman–Crippen LogP) is 4.70. The normalized spacial score (nSPS) is 11.3. The van der Waals surface area contributed by atoms with Crippen molar-refractivity contribution >= 4 is 15.9 Å². The van der Waals surface area contributed by atoms with E-state index in [-0.39, 0.29) is 28.9 Å². The van der Waals surface area contributed by atoms with E-state index in [1.807, 2.05) is 60.7 Å². The Kier molecular flexibility index (Phi) is 7.68. The molecule has 0 unspecified atom stereocenters. The lowest BCUT2D eigenvalue weighted by Gasteiger charge is -2.17. The predicted molar refractivity (Wildman–Crippen MR) is 137 cm³/mol. The van der Waals surface area contributed by atoms with Gasteiger partial charge in [-0.3, -0.25) is 0 Å². The van der Waals surface area contributed by atoms with Gasteiger partial charge in [0.1, 0.15) is 11.8 Å². The van der Waals surface area contributed by atoms with Crippen molar-refractivity contribution in [1.29, 1.82) is 5.26 Å². The maximum Gasteiger partial charge on any atom is 0.243 e. The maximum absolute atomic E-state index is 13.0. The quantitative estimate of drug-likeness (QED) is 0.335. The van der Waals surface area contributed by atoms with Crippen LogP contribution in [0.25, 0.3) is 11.5 Å². The Labute approximate surface area is 210 Å². The van der Waals surface area contributed by atoms with E-state index in [0.717, 1.165) is 16.9 Å². The molecule has 0 aliphatic rings. The first kappa shape index (κ1) is 25.0. The molecule has 4 aromatic rings. The molecule has 36 heavy (non-hydrogen) atoms. The number of oxazole rings is 1. The van der Waals surface area contributed by atoms with E-state index in [9.17, 15) is 13.7 Å². The van der Waals surface area contributed by atoms with Gasteiger partial charge < -0.3 is 14.5 Å². The van der Waals surface area contributed by atoms with Gasteiger partial charge in [-0.1, -0.05) is 42.5 Å². The van der Waals surface area contributed by atoms with Gasteiger partial charge in [-0.05, 0) is 53.9 Å². The van der Waals surface area contributed by atoms with Gasteiger partial charge in [0, 0.05) is 25.7 Å². The Morgan fingerprint density at radius 2 is 1.69 bits per heavy atom. The molecule has 0 saturated carbocycles. The SMILES string of the molecule is COc1ccc(CCNc2oc(-c3ccc(S(=O)(=O)N(C)Cc4ccccc4)cc3)nc2C#N)cc1. The summed E-state index contributed by atoms with van der Waals surface area (Å²) in [5, 5.41) is 12.6. The molecule has 1 aromatic heterocycles. The zero-order chi connectivity index (χ0) is 25.5. The zero-order valence-electron chi connectivity index (χ0n) is 20.0. The number of nitrogens with one attached hydrogen (secondary N) is 1. The van der Waals surface area contributed by atoms with Gasteiger partial charge in [0.2, 0.25) is 27.5 Å². The molecule has 0 amide bonds. The molecule has 0 fully saturated rings. The standard InChI is InChI=1S/C27H26N4O4S/c1-31(19-21-6-4-3-5-7-21)36(32,33)24-14-10-22(11-15-24)26-30-25(18-28)27(35-26)29-17-16-20-8-12-23(34-2)13-9-20/h3-15,29H,16-17,19H2,1-2H3. The molecule has 1 N–H and O–H groups in total. The minimum atomic E-state index is -3.68. The molecule has 184 valence electrons. The van der Waals surface area contributed by atoms with Crippen LogP contribution in [0.5, 0.6) is 5.75 Å². The maximum atomic E-state index is 13.0. The Bertz CT molecular complexity index is 1440. The first-order chi connectivity index (χ1) is 17.4. The summed E-state index contributed by atoms with van der Waals surface area (Å²) in [4.78, 5) is 4.43. The third kappa shape index (κ3) is 5.74. The second-order valence-electron chi connectivity index (χ2n) is 8.10. The lowest BCUT2D eigenvalue weighted by Crippen LogP contribution is -2.26. The largest absolute Gasteiger partial charge is 0.497 e. The molecule has 0 radical (unpaired) electrons. The van der Waals surface area contributed by atoms with Gasteiger partial charge in [0.15, 0.2) is 0 Å². The molecule has 0 bridgehead atoms. The summed E-state index contributed by atoms with van der Waals surface area (Å²) in [6.45, 7) is 0.808. The van der Waals surface area contributed by atoms with Gasteiger partial charge in [-0.15, -0.1) is 0 Å². The smallest absolute Gasteiger partial charge is 0.243 e. The van der Waals surface area contributed by atoms with Gasteiger partial charge in [0.25, 0.3) is 0 Å². The van der Waals surface area contributed by atoms with Crippen LogP contribution in [0, 0.1) is 11.3 Å². The molecule has 1 heterocycles. The Hall–Kier alpha value is -4.13. The third-order valence-corrected chi connectivity index (χ3v) is 7.47. The summed E-state index contributed by atoms with van der Waals surface area (Å²) >= 11 is 0. The fourth-order valence-corrected chi connectivity index (χ4v) is 4.79. The third-order valence-electron chi connectivity index (χ3n) is 5.65. The van der Waals surface area contributed by atoms with Gasteiger partial charge in [-0.2, -0.15) is 14.6 Å². The van der Waals surface area contributed by atoms with Gasteiger partial charge >= 0.3 is 0 Å². The van der Waals surface area contributed by atoms with Crippen LogP contribution in [0.1, 0.15) is 16.8 Å². The number of hydrogen-bond acceptors (Lipinski definition) is 7. The Morgan fingerprint density at radius 3 is 2.33 bits per heavy atom. The molecule has 0 atom stereocenters. The molecule has 9 heteroatoms. The number of sulfonamides is 1. The first-order valence-electron chi connectivity index (χ1n) is 11.3. The first-order valence-corrected chi connectivity index (χ1v) is 12.7. The van der Waals surface area contributed by atoms with Crippen LogP contribution >= 0.6 is 0 Å². The topological polar surface area (TPSA) is 108 Å². The van der Waals surface area contributed by atoms with Crippen molar-refractivity contribution in [2.45, 2.75) is 17.9 Å². The molecular formula is C27H26N4O4S. The van der Waals surface area contributed by atoms with Crippen molar-refractivity contribution in [2.24, 2.45) is 0 Å². The average molecular weight is 503 g/mol. The molecule has 0 saturated heterocycles. The number of nitriles is 1. The number of anilines is 1. The second-order valence-corrected chi connectivity index (χ2v) is 10.1. The molecule has 0 aliphatic heterocycles. The van der Waals surface area contributed by atoms with E-state index in [2.05, 4.69) is 10.3 Å². The fraction of sp³-hybridized carbons (Fsp3) is 0.185. The molecule has 3 aromatic carbocycles. The van der Waals surface area contributed by atoms with Crippen LogP contribution in [-0.2, 0) is 23.0 Å². The van der Waals surface area contributed by atoms with E-state index in [4.69, 9.17) is 9.15 Å². The minimum Gasteiger partial charge on any atom is -0.497 e. The molecule has 0 aliphatic carbocycles. The molecular weight excluding hydrogens is 476 g/mol. The number of rotatable bonds is 10. The molecule has 4 rings (SSSR count). The highest BCUT2D eigenvalue weighted by molar-refractivity contribution is 7.89. The average Bonchev–Trinajstić information content (AvgIpc) is 3.33. The van der Waals surface area contributed by atoms with Crippen molar-refractivity contribution in [3.05, 3.63) is 95.7 Å². The number of benzene rings is 3. The van der Waals surface area contributed by atoms with Gasteiger partial charge in [0.05, 0.1) is 12.0 Å². The van der Waals surface area contributed by atoms with Crippen molar-refractivity contribution < 1.29 is 17.6 Å². The van der Waals surface area contributed by atoms with Crippen molar-refractivity contribution in [3.63, 3.8) is 0 Å². The Morgan fingerprint density at radius 1 is 1.00 bits per heavy atom. The van der Waals surface area contributed by atoms with Crippen LogP contribution in [0.15, 0.2) is 88.2 Å². The van der Waals surface area contributed by atoms with E-state index in [1.54, 1.807) is 26.3 Å². The van der Waals surface area contributed by atoms with E-state index >= 15 is 0 Å². The summed E-state index contributed by atoms with van der Waals surface area (Å²) in [5.41, 5.74) is 2.71. The number of aromatic nitrogens is 1. The fourth-order valence-electron chi connectivity index (χ4n) is 3.63. The highest BCUT2D eigenvalue weighted by Gasteiger charge is 2.22. The number of hydrogen-bond donors (Lipinski definition) is 1. The van der Waals surface area contributed by atoms with E-state index in [1.165, 1.54) is 16.4 Å². The summed E-state index contributed by atoms with van der Waals surface area (Å²) in [6, 6.07) is 25.4. The van der Waals surface area contributed by atoms with Crippen molar-refractivity contribution in [1.82, 2.24) is 9.29 Å². The number of ether oxygens (including phenoxy) is 1. The lowest BCUT2D eigenvalue weighted by atomic mass is 10.1. The van der Waals surface area contributed by atoms with Gasteiger partial charge in [-0.25, -0.2) is 8.42 Å². The van der Waals surface area contributed by atoms with E-state index in [0.29, 0.717) is 18.5 Å². The summed E-state index contributed by atoms with van der Waals surface area (Å²) < 4.78 is 38.2. The van der Waals surface area contributed by atoms with Crippen LogP contribution in [0.2, 0.25) is 0 Å². The van der Waals surface area contributed by atoms with Crippen LogP contribution < -0.4 is 10.1 Å². The highest BCUT2D eigenvalue weighted by Crippen LogP contribution is 2.27. The van der Waals surface area contributed by atoms with Crippen molar-refractivity contribution in [2.75, 3.05) is 26.0 Å². The number of methoxy groups -OCH3 is 1. The van der Waals surface area contributed by atoms with Crippen LogP contribution in [0.3, 0.4) is 0 Å². The molecule has 8 nitrogen and oxygen atoms in total. The van der Waals surface area contributed by atoms with Crippen molar-refractivity contribution in [3.8, 4) is 23.3 Å². The Balaban J connectivity index is 1.43.